The summed E-state index contributed by atoms with van der Waals surface area (Å²) in [5.41, 5.74) is 2.10. The van der Waals surface area contributed by atoms with Crippen LogP contribution in [-0.4, -0.2) is 7.11 Å². The van der Waals surface area contributed by atoms with Gasteiger partial charge in [-0.25, -0.2) is 0 Å². The monoisotopic (exact) mass is 300 g/mol. The minimum Gasteiger partial charge on any atom is -0.496 e. The Morgan fingerprint density at radius 1 is 0.957 bits per heavy atom. The predicted molar refractivity (Wildman–Crippen MR) is 85.9 cm³/mol. The van der Waals surface area contributed by atoms with E-state index in [1.807, 2.05) is 42.5 Å². The van der Waals surface area contributed by atoms with Crippen molar-refractivity contribution < 1.29 is 4.74 Å². The van der Waals surface area contributed by atoms with Gasteiger partial charge in [0.15, 0.2) is 5.57 Å². The number of rotatable bonds is 4. The second-order valence-electron chi connectivity index (χ2n) is 4.49. The molecule has 0 fully saturated rings. The van der Waals surface area contributed by atoms with Crippen LogP contribution in [-0.2, 0) is 0 Å². The van der Waals surface area contributed by atoms with Crippen LogP contribution in [0.5, 0.6) is 5.75 Å². The summed E-state index contributed by atoms with van der Waals surface area (Å²) in [6.45, 7) is 0. The van der Waals surface area contributed by atoms with Crippen molar-refractivity contribution in [3.63, 3.8) is 0 Å². The highest BCUT2D eigenvalue weighted by molar-refractivity contribution is 5.74. The number of anilines is 1. The first-order valence-electron chi connectivity index (χ1n) is 6.68. The maximum atomic E-state index is 9.08. The molecule has 0 aliphatic rings. The third kappa shape index (κ3) is 3.47. The lowest BCUT2D eigenvalue weighted by atomic mass is 10.0. The Balaban J connectivity index is 2.42. The predicted octanol–water partition coefficient (Wildman–Crippen LogP) is 3.60. The summed E-state index contributed by atoms with van der Waals surface area (Å²) in [5, 5.41) is 29.6. The summed E-state index contributed by atoms with van der Waals surface area (Å²) in [6, 6.07) is 20.3. The fourth-order valence-electron chi connectivity index (χ4n) is 2.05. The first kappa shape index (κ1) is 15.6. The Bertz CT molecular complexity index is 849. The Morgan fingerprint density at radius 2 is 1.65 bits per heavy atom. The molecule has 0 unspecified atom stereocenters. The number of nitriles is 3. The second-order valence-corrected chi connectivity index (χ2v) is 4.49. The van der Waals surface area contributed by atoms with Crippen molar-refractivity contribution in [1.29, 1.82) is 15.8 Å². The fourth-order valence-corrected chi connectivity index (χ4v) is 2.05. The zero-order chi connectivity index (χ0) is 16.7. The van der Waals surface area contributed by atoms with E-state index in [1.54, 1.807) is 31.4 Å². The van der Waals surface area contributed by atoms with Crippen molar-refractivity contribution in [3.05, 3.63) is 59.8 Å². The molecule has 0 bridgehead atoms. The van der Waals surface area contributed by atoms with Gasteiger partial charge in [0, 0.05) is 17.3 Å². The average Bonchev–Trinajstić information content (AvgIpc) is 2.62. The van der Waals surface area contributed by atoms with Crippen molar-refractivity contribution in [2.75, 3.05) is 12.4 Å². The smallest absolute Gasteiger partial charge is 0.163 e. The molecule has 0 atom stereocenters. The number of benzene rings is 2. The SMILES string of the molecule is COc1cc(NC(C#N)=C(C#N)C#N)ccc1-c1ccccc1. The van der Waals surface area contributed by atoms with E-state index in [4.69, 9.17) is 20.5 Å². The van der Waals surface area contributed by atoms with Crippen molar-refractivity contribution >= 4 is 5.69 Å². The third-order valence-electron chi connectivity index (χ3n) is 3.14. The lowest BCUT2D eigenvalue weighted by Gasteiger charge is -2.12. The van der Waals surface area contributed by atoms with Crippen LogP contribution in [0.4, 0.5) is 5.69 Å². The van der Waals surface area contributed by atoms with E-state index in [0.29, 0.717) is 11.4 Å². The van der Waals surface area contributed by atoms with Crippen LogP contribution in [0.15, 0.2) is 59.8 Å². The maximum absolute atomic E-state index is 9.08. The van der Waals surface area contributed by atoms with E-state index in [9.17, 15) is 0 Å². The summed E-state index contributed by atoms with van der Waals surface area (Å²) in [5.74, 6) is 0.619. The van der Waals surface area contributed by atoms with Gasteiger partial charge in [-0.1, -0.05) is 30.3 Å². The van der Waals surface area contributed by atoms with Crippen molar-refractivity contribution in [1.82, 2.24) is 0 Å². The number of ether oxygens (including phenoxy) is 1. The minimum atomic E-state index is -0.265. The molecule has 5 heteroatoms. The van der Waals surface area contributed by atoms with Crippen LogP contribution >= 0.6 is 0 Å². The van der Waals surface area contributed by atoms with Crippen molar-refractivity contribution in [3.8, 4) is 35.1 Å². The molecule has 5 nitrogen and oxygen atoms in total. The molecule has 0 radical (unpaired) electrons. The molecule has 2 aromatic carbocycles. The maximum Gasteiger partial charge on any atom is 0.163 e. The highest BCUT2D eigenvalue weighted by Crippen LogP contribution is 2.32. The van der Waals surface area contributed by atoms with Gasteiger partial charge >= 0.3 is 0 Å². The van der Waals surface area contributed by atoms with Gasteiger partial charge in [-0.3, -0.25) is 0 Å². The first-order valence-corrected chi connectivity index (χ1v) is 6.68. The Labute approximate surface area is 134 Å². The molecule has 0 saturated carbocycles. The number of nitrogens with zero attached hydrogens (tertiary/aromatic N) is 3. The zero-order valence-corrected chi connectivity index (χ0v) is 12.4. The number of methoxy groups -OCH3 is 1. The largest absolute Gasteiger partial charge is 0.496 e. The summed E-state index contributed by atoms with van der Waals surface area (Å²) >= 11 is 0. The van der Waals surface area contributed by atoms with Gasteiger partial charge in [0.2, 0.25) is 0 Å². The molecule has 23 heavy (non-hydrogen) atoms. The molecule has 0 heterocycles. The molecule has 1 N–H and O–H groups in total. The summed E-state index contributed by atoms with van der Waals surface area (Å²) in [7, 11) is 1.56. The Hall–Kier alpha value is -3.75. The quantitative estimate of drug-likeness (QED) is 0.871. The summed E-state index contributed by atoms with van der Waals surface area (Å²) < 4.78 is 5.40. The molecule has 2 aromatic rings. The normalized spacial score (nSPS) is 8.96. The lowest BCUT2D eigenvalue weighted by molar-refractivity contribution is 0.416. The van der Waals surface area contributed by atoms with E-state index in [1.165, 1.54) is 0 Å². The molecule has 110 valence electrons. The van der Waals surface area contributed by atoms with Crippen LogP contribution in [0.1, 0.15) is 0 Å². The van der Waals surface area contributed by atoms with Gasteiger partial charge in [0.25, 0.3) is 0 Å². The van der Waals surface area contributed by atoms with Crippen LogP contribution in [0.25, 0.3) is 11.1 Å². The van der Waals surface area contributed by atoms with Gasteiger partial charge in [-0.05, 0) is 17.7 Å². The van der Waals surface area contributed by atoms with E-state index in [0.717, 1.165) is 11.1 Å². The van der Waals surface area contributed by atoms with Gasteiger partial charge in [0.1, 0.15) is 29.7 Å². The van der Waals surface area contributed by atoms with Crippen LogP contribution in [0.3, 0.4) is 0 Å². The van der Waals surface area contributed by atoms with E-state index in [-0.39, 0.29) is 11.3 Å². The van der Waals surface area contributed by atoms with Crippen molar-refractivity contribution in [2.45, 2.75) is 0 Å². The molecule has 0 aliphatic carbocycles. The number of hydrogen-bond donors (Lipinski definition) is 1. The van der Waals surface area contributed by atoms with Gasteiger partial charge in [-0.15, -0.1) is 0 Å². The molecule has 2 rings (SSSR count). The highest BCUT2D eigenvalue weighted by atomic mass is 16.5. The molecule has 0 aromatic heterocycles. The number of allylic oxidation sites excluding steroid dienone is 2. The summed E-state index contributed by atoms with van der Waals surface area (Å²) in [4.78, 5) is 0. The van der Waals surface area contributed by atoms with Crippen molar-refractivity contribution in [2.24, 2.45) is 0 Å². The molecule has 0 amide bonds. The molecule has 0 saturated heterocycles. The molecule has 0 spiro atoms. The molecular weight excluding hydrogens is 288 g/mol. The first-order chi connectivity index (χ1) is 11.2. The van der Waals surface area contributed by atoms with Gasteiger partial charge in [-0.2, -0.15) is 15.8 Å². The number of hydrogen-bond acceptors (Lipinski definition) is 5. The average molecular weight is 300 g/mol. The zero-order valence-electron chi connectivity index (χ0n) is 12.4. The van der Waals surface area contributed by atoms with Crippen LogP contribution in [0.2, 0.25) is 0 Å². The van der Waals surface area contributed by atoms with Crippen LogP contribution < -0.4 is 10.1 Å². The fraction of sp³-hybridized carbons (Fsp3) is 0.0556. The Kier molecular flexibility index (Phi) is 4.97. The number of nitrogens with one attached hydrogen (secondary N) is 1. The van der Waals surface area contributed by atoms with E-state index < -0.39 is 0 Å². The molecular formula is C18H12N4O. The second kappa shape index (κ2) is 7.31. The summed E-state index contributed by atoms with van der Waals surface area (Å²) in [6.07, 6.45) is 0. The van der Waals surface area contributed by atoms with Crippen LogP contribution in [0, 0.1) is 34.0 Å². The molecule has 0 aliphatic heterocycles. The van der Waals surface area contributed by atoms with E-state index in [2.05, 4.69) is 5.32 Å². The standard InChI is InChI=1S/C18H12N4O/c1-23-18-9-15(22-17(12-21)14(10-19)11-20)7-8-16(18)13-5-3-2-4-6-13/h2-9,22H,1H3. The topological polar surface area (TPSA) is 92.6 Å². The highest BCUT2D eigenvalue weighted by Gasteiger charge is 2.10. The minimum absolute atomic E-state index is 0.0930. The van der Waals surface area contributed by atoms with Gasteiger partial charge < -0.3 is 10.1 Å². The Morgan fingerprint density at radius 3 is 2.22 bits per heavy atom. The van der Waals surface area contributed by atoms with Gasteiger partial charge in [0.05, 0.1) is 7.11 Å². The third-order valence-corrected chi connectivity index (χ3v) is 3.14. The lowest BCUT2D eigenvalue weighted by Crippen LogP contribution is -2.01. The van der Waals surface area contributed by atoms with E-state index >= 15 is 0 Å².